The molecule has 2 heterocycles. The van der Waals surface area contributed by atoms with Gasteiger partial charge in [0.2, 0.25) is 5.91 Å². The van der Waals surface area contributed by atoms with Gasteiger partial charge in [0.15, 0.2) is 0 Å². The molecule has 0 saturated heterocycles. The van der Waals surface area contributed by atoms with Gasteiger partial charge < -0.3 is 14.5 Å². The summed E-state index contributed by atoms with van der Waals surface area (Å²) < 4.78 is 11.9. The maximum atomic E-state index is 13.0. The van der Waals surface area contributed by atoms with E-state index in [2.05, 4.69) is 46.7 Å². The van der Waals surface area contributed by atoms with Crippen molar-refractivity contribution in [3.8, 4) is 16.9 Å². The number of aryl methyl sites for hydroxylation is 1. The number of benzene rings is 4. The summed E-state index contributed by atoms with van der Waals surface area (Å²) >= 11 is 0. The summed E-state index contributed by atoms with van der Waals surface area (Å²) in [6, 6.07) is 26.2. The number of fused-ring (bicyclic) bond motifs is 3. The topological polar surface area (TPSA) is 64.4 Å². The van der Waals surface area contributed by atoms with Crippen molar-refractivity contribution >= 4 is 49.8 Å². The van der Waals surface area contributed by atoms with Crippen LogP contribution in [0.15, 0.2) is 102 Å². The van der Waals surface area contributed by atoms with E-state index in [1.807, 2.05) is 62.6 Å². The highest BCUT2D eigenvalue weighted by molar-refractivity contribution is 6.08. The quantitative estimate of drug-likeness (QED) is 0.244. The molecule has 5 heteroatoms. The second-order valence-corrected chi connectivity index (χ2v) is 9.36. The van der Waals surface area contributed by atoms with Crippen LogP contribution >= 0.6 is 0 Å². The lowest BCUT2D eigenvalue weighted by molar-refractivity contribution is -0.111. The molecule has 0 fully saturated rings. The van der Waals surface area contributed by atoms with Crippen molar-refractivity contribution in [2.75, 3.05) is 12.4 Å². The lowest BCUT2D eigenvalue weighted by Gasteiger charge is -2.14. The van der Waals surface area contributed by atoms with E-state index in [0.29, 0.717) is 11.4 Å². The van der Waals surface area contributed by atoms with E-state index in [1.165, 1.54) is 5.39 Å². The first-order chi connectivity index (χ1) is 18.5. The number of carbonyl (C=O) groups is 1. The molecule has 0 aliphatic heterocycles. The highest BCUT2D eigenvalue weighted by Gasteiger charge is 2.19. The predicted octanol–water partition coefficient (Wildman–Crippen LogP) is 8.16. The summed E-state index contributed by atoms with van der Waals surface area (Å²) in [6.45, 7) is 3.90. The summed E-state index contributed by atoms with van der Waals surface area (Å²) in [6.07, 6.45) is 5.17. The van der Waals surface area contributed by atoms with Crippen LogP contribution in [0.3, 0.4) is 0 Å². The van der Waals surface area contributed by atoms with Crippen molar-refractivity contribution in [2.24, 2.45) is 0 Å². The highest BCUT2D eigenvalue weighted by atomic mass is 16.5. The van der Waals surface area contributed by atoms with Crippen molar-refractivity contribution in [2.45, 2.75) is 13.8 Å². The van der Waals surface area contributed by atoms with Gasteiger partial charge in [-0.05, 0) is 66.1 Å². The minimum atomic E-state index is -0.216. The van der Waals surface area contributed by atoms with Gasteiger partial charge in [-0.2, -0.15) is 0 Å². The Morgan fingerprint density at radius 1 is 0.921 bits per heavy atom. The molecule has 2 aromatic heterocycles. The van der Waals surface area contributed by atoms with Crippen LogP contribution in [0.2, 0.25) is 0 Å². The molecule has 5 nitrogen and oxygen atoms in total. The zero-order valence-electron chi connectivity index (χ0n) is 21.4. The SMILES string of the molecule is COc1c(/C(C)=C/C(=O)Nc2ccc3ncccc3c2)cc2c(-c3cccc4ccccc34)coc2c1C. The number of methoxy groups -OCH3 is 1. The molecule has 0 bridgehead atoms. The molecule has 0 unspecified atom stereocenters. The van der Waals surface area contributed by atoms with Crippen molar-refractivity contribution in [3.05, 3.63) is 109 Å². The van der Waals surface area contributed by atoms with Gasteiger partial charge in [-0.1, -0.05) is 48.5 Å². The zero-order chi connectivity index (χ0) is 26.2. The maximum Gasteiger partial charge on any atom is 0.248 e. The number of allylic oxidation sites excluding steroid dienone is 1. The molecule has 0 saturated carbocycles. The number of hydrogen-bond acceptors (Lipinski definition) is 4. The monoisotopic (exact) mass is 498 g/mol. The van der Waals surface area contributed by atoms with E-state index in [9.17, 15) is 4.79 Å². The predicted molar refractivity (Wildman–Crippen MR) is 154 cm³/mol. The largest absolute Gasteiger partial charge is 0.496 e. The summed E-state index contributed by atoms with van der Waals surface area (Å²) in [5.74, 6) is 0.474. The first-order valence-corrected chi connectivity index (χ1v) is 12.4. The number of amides is 1. The summed E-state index contributed by atoms with van der Waals surface area (Å²) in [7, 11) is 1.64. The number of carbonyl (C=O) groups excluding carboxylic acids is 1. The molecule has 4 aromatic carbocycles. The maximum absolute atomic E-state index is 13.0. The van der Waals surface area contributed by atoms with Crippen LogP contribution in [-0.2, 0) is 4.79 Å². The molecule has 0 spiro atoms. The molecular weight excluding hydrogens is 472 g/mol. The molecule has 186 valence electrons. The Hall–Kier alpha value is -4.90. The normalized spacial score (nSPS) is 11.8. The standard InChI is InChI=1S/C33H26N2O3/c1-20(16-31(36)35-24-13-14-30-23(17-24)10-7-15-34-30)27-18-28-29(19-38-33(28)21(2)32(27)37-3)26-12-6-9-22-8-4-5-11-25(22)26/h4-19H,1-3H3,(H,35,36)/b20-16+. The van der Waals surface area contributed by atoms with Crippen molar-refractivity contribution in [1.29, 1.82) is 0 Å². The summed E-state index contributed by atoms with van der Waals surface area (Å²) in [5, 5.41) is 7.24. The molecule has 0 aliphatic carbocycles. The fourth-order valence-corrected chi connectivity index (χ4v) is 5.15. The Kier molecular flexibility index (Phi) is 5.89. The Morgan fingerprint density at radius 2 is 1.74 bits per heavy atom. The smallest absolute Gasteiger partial charge is 0.248 e. The van der Waals surface area contributed by atoms with Crippen LogP contribution in [0, 0.1) is 6.92 Å². The van der Waals surface area contributed by atoms with Crippen LogP contribution in [0.5, 0.6) is 5.75 Å². The number of hydrogen-bond donors (Lipinski definition) is 1. The van der Waals surface area contributed by atoms with E-state index < -0.39 is 0 Å². The molecular formula is C33H26N2O3. The van der Waals surface area contributed by atoms with E-state index in [-0.39, 0.29) is 5.91 Å². The highest BCUT2D eigenvalue weighted by Crippen LogP contribution is 2.42. The number of nitrogens with one attached hydrogen (secondary N) is 1. The number of pyridine rings is 1. The lowest BCUT2D eigenvalue weighted by atomic mass is 9.94. The van der Waals surface area contributed by atoms with Gasteiger partial charge in [0, 0.05) is 45.4 Å². The van der Waals surface area contributed by atoms with E-state index in [4.69, 9.17) is 9.15 Å². The van der Waals surface area contributed by atoms with Gasteiger partial charge in [0.1, 0.15) is 11.3 Å². The van der Waals surface area contributed by atoms with Gasteiger partial charge in [0.05, 0.1) is 18.9 Å². The first-order valence-electron chi connectivity index (χ1n) is 12.4. The van der Waals surface area contributed by atoms with Gasteiger partial charge in [-0.3, -0.25) is 9.78 Å². The van der Waals surface area contributed by atoms with Crippen LogP contribution in [0.25, 0.3) is 49.3 Å². The second kappa shape index (κ2) is 9.52. The Morgan fingerprint density at radius 3 is 2.61 bits per heavy atom. The molecule has 38 heavy (non-hydrogen) atoms. The number of nitrogens with zero attached hydrogens (tertiary/aromatic N) is 1. The number of rotatable bonds is 5. The third-order valence-corrected chi connectivity index (χ3v) is 6.97. The molecule has 0 atom stereocenters. The summed E-state index contributed by atoms with van der Waals surface area (Å²) in [5.41, 5.74) is 7.00. The number of furan rings is 1. The molecule has 6 aromatic rings. The second-order valence-electron chi connectivity index (χ2n) is 9.36. The van der Waals surface area contributed by atoms with Gasteiger partial charge in [0.25, 0.3) is 0 Å². The number of aromatic nitrogens is 1. The zero-order valence-corrected chi connectivity index (χ0v) is 21.4. The third kappa shape index (κ3) is 4.08. The first kappa shape index (κ1) is 23.5. The van der Waals surface area contributed by atoms with Crippen molar-refractivity contribution < 1.29 is 13.9 Å². The Balaban J connectivity index is 1.41. The number of anilines is 1. The lowest BCUT2D eigenvalue weighted by Crippen LogP contribution is -2.08. The fourth-order valence-electron chi connectivity index (χ4n) is 5.15. The van der Waals surface area contributed by atoms with Crippen LogP contribution in [0.1, 0.15) is 18.1 Å². The average molecular weight is 499 g/mol. The minimum absolute atomic E-state index is 0.216. The van der Waals surface area contributed by atoms with Crippen LogP contribution in [0.4, 0.5) is 5.69 Å². The Labute approximate surface area is 220 Å². The molecule has 1 N–H and O–H groups in total. The molecule has 1 amide bonds. The van der Waals surface area contributed by atoms with E-state index >= 15 is 0 Å². The van der Waals surface area contributed by atoms with Crippen LogP contribution < -0.4 is 10.1 Å². The van der Waals surface area contributed by atoms with Gasteiger partial charge in [-0.25, -0.2) is 0 Å². The van der Waals surface area contributed by atoms with E-state index in [0.717, 1.165) is 55.1 Å². The summed E-state index contributed by atoms with van der Waals surface area (Å²) in [4.78, 5) is 17.3. The van der Waals surface area contributed by atoms with Gasteiger partial charge >= 0.3 is 0 Å². The third-order valence-electron chi connectivity index (χ3n) is 6.97. The molecule has 0 radical (unpaired) electrons. The van der Waals surface area contributed by atoms with Crippen LogP contribution in [-0.4, -0.2) is 18.0 Å². The van der Waals surface area contributed by atoms with Crippen molar-refractivity contribution in [1.82, 2.24) is 4.98 Å². The van der Waals surface area contributed by atoms with Crippen molar-refractivity contribution in [3.63, 3.8) is 0 Å². The van der Waals surface area contributed by atoms with E-state index in [1.54, 1.807) is 19.4 Å². The molecule has 0 aliphatic rings. The minimum Gasteiger partial charge on any atom is -0.496 e. The fraction of sp³-hybridized carbons (Fsp3) is 0.0909. The number of ether oxygens (including phenoxy) is 1. The molecule has 6 rings (SSSR count). The van der Waals surface area contributed by atoms with Gasteiger partial charge in [-0.15, -0.1) is 0 Å². The Bertz CT molecular complexity index is 1880. The average Bonchev–Trinajstić information content (AvgIpc) is 3.36.